The molecule has 5 heteroatoms. The van der Waals surface area contributed by atoms with Crippen LogP contribution >= 0.6 is 0 Å². The number of hydrogen-bond donors (Lipinski definition) is 1. The molecule has 0 unspecified atom stereocenters. The molecule has 0 spiro atoms. The normalized spacial score (nSPS) is 13.7. The van der Waals surface area contributed by atoms with Gasteiger partial charge in [0.2, 0.25) is 0 Å². The second kappa shape index (κ2) is 4.48. The van der Waals surface area contributed by atoms with Gasteiger partial charge in [0.1, 0.15) is 6.21 Å². The van der Waals surface area contributed by atoms with E-state index in [-0.39, 0.29) is 17.3 Å². The minimum absolute atomic E-state index is 0.0385. The van der Waals surface area contributed by atoms with Gasteiger partial charge in [0.05, 0.1) is 10.6 Å². The molecule has 0 aliphatic heterocycles. The molecule has 0 rings (SSSR count). The summed E-state index contributed by atoms with van der Waals surface area (Å²) in [6.07, 6.45) is 1.16. The van der Waals surface area contributed by atoms with Gasteiger partial charge in [-0.1, -0.05) is 13.8 Å². The molecule has 0 aromatic rings. The summed E-state index contributed by atoms with van der Waals surface area (Å²) in [5, 5.41) is 10.4. The largest absolute Gasteiger partial charge is 0.396 e. The predicted molar refractivity (Wildman–Crippen MR) is 47.5 cm³/mol. The van der Waals surface area contributed by atoms with Gasteiger partial charge in [-0.05, 0) is 5.92 Å². The third kappa shape index (κ3) is 2.69. The Hall–Kier alpha value is -1.39. The Balaban J connectivity index is 4.93. The van der Waals surface area contributed by atoms with E-state index in [1.54, 1.807) is 13.8 Å². The number of allylic oxidation sites excluding steroid dienone is 2. The van der Waals surface area contributed by atoms with Crippen LogP contribution in [0, 0.1) is 16.0 Å². The van der Waals surface area contributed by atoms with Gasteiger partial charge in [-0.3, -0.25) is 15.1 Å². The summed E-state index contributed by atoms with van der Waals surface area (Å²) in [5.41, 5.74) is 5.63. The lowest BCUT2D eigenvalue weighted by Crippen LogP contribution is -2.15. The highest BCUT2D eigenvalue weighted by Gasteiger charge is 2.15. The monoisotopic (exact) mass is 171 g/mol. The molecular formula is C7H13N3O2. The van der Waals surface area contributed by atoms with Crippen molar-refractivity contribution in [1.82, 2.24) is 0 Å². The van der Waals surface area contributed by atoms with Gasteiger partial charge in [-0.15, -0.1) is 0 Å². The summed E-state index contributed by atoms with van der Waals surface area (Å²) in [6, 6.07) is 0. The van der Waals surface area contributed by atoms with Gasteiger partial charge in [0.15, 0.2) is 0 Å². The molecule has 5 nitrogen and oxygen atoms in total. The van der Waals surface area contributed by atoms with Gasteiger partial charge in [-0.2, -0.15) is 0 Å². The quantitative estimate of drug-likeness (QED) is 0.387. The Morgan fingerprint density at radius 1 is 1.67 bits per heavy atom. The van der Waals surface area contributed by atoms with E-state index in [0.29, 0.717) is 0 Å². The van der Waals surface area contributed by atoms with Crippen LogP contribution in [0.1, 0.15) is 13.8 Å². The maximum absolute atomic E-state index is 10.4. The number of nitrogens with two attached hydrogens (primary N) is 1. The van der Waals surface area contributed by atoms with E-state index < -0.39 is 4.92 Å². The SMILES string of the molecule is CN=C/C(=C(\N)C(C)C)[N+](=O)[O-]. The zero-order valence-electron chi connectivity index (χ0n) is 7.44. The van der Waals surface area contributed by atoms with Crippen LogP contribution in [0.5, 0.6) is 0 Å². The van der Waals surface area contributed by atoms with E-state index in [9.17, 15) is 10.1 Å². The first-order chi connectivity index (χ1) is 5.50. The van der Waals surface area contributed by atoms with Crippen molar-refractivity contribution in [3.63, 3.8) is 0 Å². The van der Waals surface area contributed by atoms with E-state index in [1.807, 2.05) is 0 Å². The number of hydrogen-bond acceptors (Lipinski definition) is 4. The molecule has 0 radical (unpaired) electrons. The zero-order chi connectivity index (χ0) is 9.72. The summed E-state index contributed by atoms with van der Waals surface area (Å²) in [4.78, 5) is 13.4. The van der Waals surface area contributed by atoms with Crippen LogP contribution in [0.4, 0.5) is 0 Å². The lowest BCUT2D eigenvalue weighted by atomic mass is 10.1. The van der Waals surface area contributed by atoms with E-state index in [0.717, 1.165) is 6.21 Å². The van der Waals surface area contributed by atoms with Crippen molar-refractivity contribution in [2.45, 2.75) is 13.8 Å². The predicted octanol–water partition coefficient (Wildman–Crippen LogP) is 0.790. The van der Waals surface area contributed by atoms with Gasteiger partial charge in [-0.25, -0.2) is 0 Å². The van der Waals surface area contributed by atoms with E-state index in [4.69, 9.17) is 5.73 Å². The molecule has 68 valence electrons. The maximum atomic E-state index is 10.4. The molecule has 2 N–H and O–H groups in total. The molecule has 0 heterocycles. The Bertz CT molecular complexity index is 231. The fraction of sp³-hybridized carbons (Fsp3) is 0.571. The molecule has 0 bridgehead atoms. The number of nitrogens with zero attached hydrogens (tertiary/aromatic N) is 2. The van der Waals surface area contributed by atoms with Crippen molar-refractivity contribution in [3.8, 4) is 0 Å². The molecule has 0 saturated heterocycles. The van der Waals surface area contributed by atoms with Gasteiger partial charge < -0.3 is 5.73 Å². The molecule has 0 amide bonds. The third-order valence-corrected chi connectivity index (χ3v) is 1.37. The number of rotatable bonds is 3. The average Bonchev–Trinajstić information content (AvgIpc) is 1.98. The van der Waals surface area contributed by atoms with Crippen LogP contribution in [-0.2, 0) is 0 Å². The topological polar surface area (TPSA) is 81.5 Å². The van der Waals surface area contributed by atoms with E-state index >= 15 is 0 Å². The highest BCUT2D eigenvalue weighted by molar-refractivity contribution is 5.76. The van der Waals surface area contributed by atoms with E-state index in [1.165, 1.54) is 7.05 Å². The summed E-state index contributed by atoms with van der Waals surface area (Å²) < 4.78 is 0. The van der Waals surface area contributed by atoms with Crippen molar-refractivity contribution in [2.24, 2.45) is 16.6 Å². The molecule has 0 atom stereocenters. The first-order valence-electron chi connectivity index (χ1n) is 3.56. The molecule has 0 aliphatic rings. The molecule has 0 aliphatic carbocycles. The van der Waals surface area contributed by atoms with Crippen molar-refractivity contribution < 1.29 is 4.92 Å². The summed E-state index contributed by atoms with van der Waals surface area (Å²) >= 11 is 0. The Labute approximate surface area is 71.1 Å². The molecule has 0 saturated carbocycles. The van der Waals surface area contributed by atoms with Crippen molar-refractivity contribution in [1.29, 1.82) is 0 Å². The fourth-order valence-electron chi connectivity index (χ4n) is 0.645. The number of aliphatic imine (C=N–C) groups is 1. The molecule has 0 fully saturated rings. The first-order valence-corrected chi connectivity index (χ1v) is 3.56. The Morgan fingerprint density at radius 2 is 2.17 bits per heavy atom. The van der Waals surface area contributed by atoms with Crippen LogP contribution in [0.15, 0.2) is 16.4 Å². The lowest BCUT2D eigenvalue weighted by Gasteiger charge is -2.03. The Morgan fingerprint density at radius 3 is 2.42 bits per heavy atom. The van der Waals surface area contributed by atoms with Crippen molar-refractivity contribution in [3.05, 3.63) is 21.5 Å². The van der Waals surface area contributed by atoms with Crippen molar-refractivity contribution >= 4 is 6.21 Å². The molecule has 0 aromatic heterocycles. The van der Waals surface area contributed by atoms with Crippen molar-refractivity contribution in [2.75, 3.05) is 7.05 Å². The van der Waals surface area contributed by atoms with Crippen LogP contribution in [0.2, 0.25) is 0 Å². The third-order valence-electron chi connectivity index (χ3n) is 1.37. The minimum Gasteiger partial charge on any atom is -0.396 e. The summed E-state index contributed by atoms with van der Waals surface area (Å²) in [5.74, 6) is -0.0385. The zero-order valence-corrected chi connectivity index (χ0v) is 7.44. The second-order valence-corrected chi connectivity index (χ2v) is 2.64. The summed E-state index contributed by atoms with van der Waals surface area (Å²) in [6.45, 7) is 3.59. The minimum atomic E-state index is -0.525. The van der Waals surface area contributed by atoms with Crippen LogP contribution < -0.4 is 5.73 Å². The molecule has 12 heavy (non-hydrogen) atoms. The summed E-state index contributed by atoms with van der Waals surface area (Å²) in [7, 11) is 1.47. The lowest BCUT2D eigenvalue weighted by molar-refractivity contribution is -0.415. The van der Waals surface area contributed by atoms with Gasteiger partial charge in [0.25, 0.3) is 0 Å². The average molecular weight is 171 g/mol. The highest BCUT2D eigenvalue weighted by Crippen LogP contribution is 2.07. The van der Waals surface area contributed by atoms with E-state index in [2.05, 4.69) is 4.99 Å². The van der Waals surface area contributed by atoms with Gasteiger partial charge in [0, 0.05) is 7.05 Å². The smallest absolute Gasteiger partial charge is 0.305 e. The molecule has 0 aromatic carbocycles. The maximum Gasteiger partial charge on any atom is 0.305 e. The number of nitro groups is 1. The Kier molecular flexibility index (Phi) is 3.96. The van der Waals surface area contributed by atoms with Crippen LogP contribution in [-0.4, -0.2) is 18.2 Å². The second-order valence-electron chi connectivity index (χ2n) is 2.64. The molecular weight excluding hydrogens is 158 g/mol. The highest BCUT2D eigenvalue weighted by atomic mass is 16.6. The van der Waals surface area contributed by atoms with Crippen LogP contribution in [0.3, 0.4) is 0 Å². The fourth-order valence-corrected chi connectivity index (χ4v) is 0.645. The standard InChI is InChI=1S/C7H13N3O2/c1-5(2)7(8)6(4-9-3)10(11)12/h4-5H,8H2,1-3H3/b7-6+,9-4?. The first kappa shape index (κ1) is 10.6. The van der Waals surface area contributed by atoms with Gasteiger partial charge >= 0.3 is 5.70 Å². The van der Waals surface area contributed by atoms with Crippen LogP contribution in [0.25, 0.3) is 0 Å².